The van der Waals surface area contributed by atoms with Gasteiger partial charge in [-0.25, -0.2) is 4.98 Å². The number of nitrogens with zero attached hydrogens (tertiary/aromatic N) is 2. The van der Waals surface area contributed by atoms with Gasteiger partial charge in [0.15, 0.2) is 0 Å². The van der Waals surface area contributed by atoms with Crippen LogP contribution in [0.2, 0.25) is 0 Å². The molecule has 0 radical (unpaired) electrons. The number of nitrogens with one attached hydrogen (secondary N) is 1. The summed E-state index contributed by atoms with van der Waals surface area (Å²) in [5, 5.41) is 3.12. The van der Waals surface area contributed by atoms with E-state index in [1.54, 1.807) is 11.3 Å². The molecule has 4 nitrogen and oxygen atoms in total. The number of thiazole rings is 1. The quantitative estimate of drug-likeness (QED) is 0.882. The molecule has 0 aliphatic carbocycles. The van der Waals surface area contributed by atoms with E-state index in [0.29, 0.717) is 0 Å². The molecular formula is C14H21N3OS. The van der Waals surface area contributed by atoms with Crippen molar-refractivity contribution in [2.24, 2.45) is 0 Å². The minimum Gasteiger partial charge on any atom is -0.463 e. The highest BCUT2D eigenvalue weighted by molar-refractivity contribution is 7.09. The number of hydrogen-bond acceptors (Lipinski definition) is 5. The fourth-order valence-electron chi connectivity index (χ4n) is 2.05. The average Bonchev–Trinajstić information content (AvgIpc) is 2.88. The van der Waals surface area contributed by atoms with Crippen LogP contribution in [-0.2, 0) is 19.6 Å². The summed E-state index contributed by atoms with van der Waals surface area (Å²) in [7, 11) is 4.04. The van der Waals surface area contributed by atoms with Gasteiger partial charge < -0.3 is 9.73 Å². The molecule has 5 heteroatoms. The van der Waals surface area contributed by atoms with Crippen molar-refractivity contribution in [3.8, 4) is 0 Å². The van der Waals surface area contributed by atoms with E-state index in [1.807, 2.05) is 12.6 Å². The van der Waals surface area contributed by atoms with Crippen molar-refractivity contribution in [2.75, 3.05) is 14.1 Å². The van der Waals surface area contributed by atoms with E-state index in [4.69, 9.17) is 4.42 Å². The first-order valence-corrected chi connectivity index (χ1v) is 7.28. The first-order chi connectivity index (χ1) is 9.10. The molecule has 0 atom stereocenters. The molecular weight excluding hydrogens is 258 g/mol. The van der Waals surface area contributed by atoms with Gasteiger partial charge in [0.2, 0.25) is 0 Å². The van der Waals surface area contributed by atoms with Gasteiger partial charge in [0, 0.05) is 11.4 Å². The van der Waals surface area contributed by atoms with Crippen LogP contribution < -0.4 is 5.32 Å². The monoisotopic (exact) mass is 279 g/mol. The molecule has 0 saturated carbocycles. The lowest BCUT2D eigenvalue weighted by atomic mass is 10.2. The molecule has 2 aromatic rings. The molecule has 0 aromatic carbocycles. The first kappa shape index (κ1) is 14.2. The van der Waals surface area contributed by atoms with Gasteiger partial charge in [-0.3, -0.25) is 4.90 Å². The van der Waals surface area contributed by atoms with Gasteiger partial charge in [-0.15, -0.1) is 11.3 Å². The third-order valence-corrected chi connectivity index (χ3v) is 4.01. The molecule has 0 aliphatic heterocycles. The third-order valence-electron chi connectivity index (χ3n) is 3.09. The van der Waals surface area contributed by atoms with Crippen molar-refractivity contribution in [2.45, 2.75) is 33.5 Å². The van der Waals surface area contributed by atoms with Crippen LogP contribution in [0.4, 0.5) is 0 Å². The zero-order valence-electron chi connectivity index (χ0n) is 12.0. The second-order valence-electron chi connectivity index (χ2n) is 4.88. The van der Waals surface area contributed by atoms with E-state index in [9.17, 15) is 0 Å². The molecule has 19 heavy (non-hydrogen) atoms. The van der Waals surface area contributed by atoms with Gasteiger partial charge in [0.1, 0.15) is 11.5 Å². The van der Waals surface area contributed by atoms with E-state index in [1.165, 1.54) is 10.4 Å². The number of aryl methyl sites for hydroxylation is 2. The normalized spacial score (nSPS) is 11.4. The van der Waals surface area contributed by atoms with Gasteiger partial charge in [-0.2, -0.15) is 0 Å². The average molecular weight is 279 g/mol. The Morgan fingerprint density at radius 1 is 1.37 bits per heavy atom. The summed E-state index contributed by atoms with van der Waals surface area (Å²) in [6.07, 6.45) is 0. The summed E-state index contributed by atoms with van der Waals surface area (Å²) in [5.74, 6) is 2.05. The molecule has 104 valence electrons. The van der Waals surface area contributed by atoms with Crippen molar-refractivity contribution in [3.63, 3.8) is 0 Å². The van der Waals surface area contributed by atoms with Crippen LogP contribution in [-0.4, -0.2) is 24.0 Å². The highest BCUT2D eigenvalue weighted by Crippen LogP contribution is 2.18. The molecule has 2 heterocycles. The van der Waals surface area contributed by atoms with Crippen LogP contribution in [0.1, 0.15) is 27.7 Å². The third kappa shape index (κ3) is 3.65. The molecule has 0 amide bonds. The van der Waals surface area contributed by atoms with Crippen molar-refractivity contribution in [3.05, 3.63) is 39.2 Å². The summed E-state index contributed by atoms with van der Waals surface area (Å²) in [6, 6.07) is 2.13. The van der Waals surface area contributed by atoms with Crippen LogP contribution in [0.15, 0.2) is 16.0 Å². The van der Waals surface area contributed by atoms with Gasteiger partial charge in [-0.05, 0) is 39.6 Å². The summed E-state index contributed by atoms with van der Waals surface area (Å²) < 4.78 is 5.86. The Morgan fingerprint density at radius 2 is 2.16 bits per heavy atom. The number of hydrogen-bond donors (Lipinski definition) is 1. The Hall–Kier alpha value is -1.17. The molecule has 0 aliphatic rings. The van der Waals surface area contributed by atoms with Crippen LogP contribution in [0.5, 0.6) is 0 Å². The summed E-state index contributed by atoms with van der Waals surface area (Å²) in [6.45, 7) is 6.66. The molecule has 0 spiro atoms. The fraction of sp³-hybridized carbons (Fsp3) is 0.500. The topological polar surface area (TPSA) is 41.3 Å². The van der Waals surface area contributed by atoms with Gasteiger partial charge >= 0.3 is 0 Å². The van der Waals surface area contributed by atoms with Crippen molar-refractivity contribution in [1.82, 2.24) is 15.2 Å². The summed E-state index contributed by atoms with van der Waals surface area (Å²) in [5.41, 5.74) is 4.25. The van der Waals surface area contributed by atoms with E-state index in [2.05, 4.69) is 42.2 Å². The van der Waals surface area contributed by atoms with Crippen LogP contribution in [0.25, 0.3) is 0 Å². The maximum Gasteiger partial charge on any atom is 0.120 e. The molecule has 1 N–H and O–H groups in total. The predicted molar refractivity (Wildman–Crippen MR) is 78.2 cm³/mol. The lowest BCUT2D eigenvalue weighted by Crippen LogP contribution is -2.16. The molecule has 2 rings (SSSR count). The van der Waals surface area contributed by atoms with Crippen LogP contribution in [0, 0.1) is 13.8 Å². The second kappa shape index (κ2) is 6.32. The van der Waals surface area contributed by atoms with Crippen molar-refractivity contribution >= 4 is 11.3 Å². The standard InChI is InChI=1S/C14H21N3OS/c1-10-5-12(18-13(10)6-15-3)7-17(4)8-14-11(2)16-9-19-14/h5,9,15H,6-8H2,1-4H3. The number of aromatic nitrogens is 1. The minimum atomic E-state index is 0.781. The van der Waals surface area contributed by atoms with Crippen molar-refractivity contribution < 1.29 is 4.42 Å². The Kier molecular flexibility index (Phi) is 4.74. The summed E-state index contributed by atoms with van der Waals surface area (Å²) >= 11 is 1.71. The fourth-order valence-corrected chi connectivity index (χ4v) is 2.91. The Labute approximate surface area is 118 Å². The lowest BCUT2D eigenvalue weighted by Gasteiger charge is -2.14. The molecule has 0 unspecified atom stereocenters. The highest BCUT2D eigenvalue weighted by atomic mass is 32.1. The molecule has 2 aromatic heterocycles. The smallest absolute Gasteiger partial charge is 0.120 e. The van der Waals surface area contributed by atoms with Crippen LogP contribution >= 0.6 is 11.3 Å². The Morgan fingerprint density at radius 3 is 2.79 bits per heavy atom. The predicted octanol–water partition coefficient (Wildman–Crippen LogP) is 2.70. The maximum atomic E-state index is 5.86. The van der Waals surface area contributed by atoms with Gasteiger partial charge in [0.05, 0.1) is 24.3 Å². The van der Waals surface area contributed by atoms with E-state index in [-0.39, 0.29) is 0 Å². The molecule has 0 saturated heterocycles. The molecule has 0 fully saturated rings. The maximum absolute atomic E-state index is 5.86. The minimum absolute atomic E-state index is 0.781. The zero-order valence-corrected chi connectivity index (χ0v) is 12.8. The van der Waals surface area contributed by atoms with Gasteiger partial charge in [0.25, 0.3) is 0 Å². The SMILES string of the molecule is CNCc1oc(CN(C)Cc2scnc2C)cc1C. The number of furan rings is 1. The lowest BCUT2D eigenvalue weighted by molar-refractivity contribution is 0.284. The summed E-state index contributed by atoms with van der Waals surface area (Å²) in [4.78, 5) is 7.85. The first-order valence-electron chi connectivity index (χ1n) is 6.40. The van der Waals surface area contributed by atoms with Crippen molar-refractivity contribution in [1.29, 1.82) is 0 Å². The van der Waals surface area contributed by atoms with E-state index >= 15 is 0 Å². The Balaban J connectivity index is 1.97. The van der Waals surface area contributed by atoms with E-state index in [0.717, 1.165) is 36.8 Å². The zero-order chi connectivity index (χ0) is 13.8. The Bertz CT molecular complexity index is 533. The second-order valence-corrected chi connectivity index (χ2v) is 5.82. The van der Waals surface area contributed by atoms with Gasteiger partial charge in [-0.1, -0.05) is 0 Å². The highest BCUT2D eigenvalue weighted by Gasteiger charge is 2.11. The van der Waals surface area contributed by atoms with E-state index < -0.39 is 0 Å². The molecule has 0 bridgehead atoms. The van der Waals surface area contributed by atoms with Crippen LogP contribution in [0.3, 0.4) is 0 Å². The number of rotatable bonds is 6. The largest absolute Gasteiger partial charge is 0.463 e.